The molecular formula is C15H23NO. The maximum Gasteiger partial charge on any atom is 0.119 e. The lowest BCUT2D eigenvalue weighted by Gasteiger charge is -2.18. The first kappa shape index (κ1) is 13.8. The Morgan fingerprint density at radius 3 is 2.53 bits per heavy atom. The molecule has 0 fully saturated rings. The summed E-state index contributed by atoms with van der Waals surface area (Å²) in [4.78, 5) is 0. The smallest absolute Gasteiger partial charge is 0.119 e. The molecule has 0 heterocycles. The lowest BCUT2D eigenvalue weighted by atomic mass is 10.0. The minimum Gasteiger partial charge on any atom is -0.494 e. The number of hydrogen-bond acceptors (Lipinski definition) is 2. The van der Waals surface area contributed by atoms with Crippen molar-refractivity contribution in [3.63, 3.8) is 0 Å². The molecule has 0 spiro atoms. The second kappa shape index (κ2) is 7.91. The van der Waals surface area contributed by atoms with Crippen LogP contribution in [0.5, 0.6) is 5.75 Å². The zero-order chi connectivity index (χ0) is 12.5. The Kier molecular flexibility index (Phi) is 6.41. The van der Waals surface area contributed by atoms with Crippen LogP contribution in [-0.2, 0) is 0 Å². The summed E-state index contributed by atoms with van der Waals surface area (Å²) in [6.45, 7) is 9.61. The van der Waals surface area contributed by atoms with E-state index in [1.54, 1.807) is 0 Å². The van der Waals surface area contributed by atoms with Gasteiger partial charge < -0.3 is 10.1 Å². The van der Waals surface area contributed by atoms with Gasteiger partial charge in [-0.1, -0.05) is 25.1 Å². The van der Waals surface area contributed by atoms with Crippen LogP contribution in [0.15, 0.2) is 36.9 Å². The van der Waals surface area contributed by atoms with Gasteiger partial charge in [-0.15, -0.1) is 6.58 Å². The van der Waals surface area contributed by atoms with Crippen LogP contribution < -0.4 is 10.1 Å². The van der Waals surface area contributed by atoms with Gasteiger partial charge in [0.2, 0.25) is 0 Å². The van der Waals surface area contributed by atoms with Crippen molar-refractivity contribution in [1.29, 1.82) is 0 Å². The van der Waals surface area contributed by atoms with Gasteiger partial charge in [0.05, 0.1) is 6.61 Å². The minimum atomic E-state index is 0.411. The molecular weight excluding hydrogens is 210 g/mol. The average molecular weight is 233 g/mol. The van der Waals surface area contributed by atoms with Crippen LogP contribution in [0, 0.1) is 0 Å². The summed E-state index contributed by atoms with van der Waals surface area (Å²) < 4.78 is 5.45. The molecule has 0 bridgehead atoms. The number of nitrogens with one attached hydrogen (secondary N) is 1. The molecule has 0 aromatic heterocycles. The van der Waals surface area contributed by atoms with Crippen LogP contribution in [0.2, 0.25) is 0 Å². The van der Waals surface area contributed by atoms with E-state index >= 15 is 0 Å². The fourth-order valence-corrected chi connectivity index (χ4v) is 1.88. The van der Waals surface area contributed by atoms with Crippen molar-refractivity contribution in [1.82, 2.24) is 5.32 Å². The van der Waals surface area contributed by atoms with E-state index in [1.807, 2.05) is 25.1 Å². The summed E-state index contributed by atoms with van der Waals surface area (Å²) in [5.41, 5.74) is 1.32. The third-order valence-corrected chi connectivity index (χ3v) is 2.70. The Labute approximate surface area is 105 Å². The fraction of sp³-hybridized carbons (Fsp3) is 0.467. The Morgan fingerprint density at radius 1 is 1.29 bits per heavy atom. The molecule has 0 aliphatic heterocycles. The molecule has 0 radical (unpaired) electrons. The van der Waals surface area contributed by atoms with Gasteiger partial charge in [0, 0.05) is 6.04 Å². The Hall–Kier alpha value is -1.28. The topological polar surface area (TPSA) is 21.3 Å². The largest absolute Gasteiger partial charge is 0.494 e. The average Bonchev–Trinajstić information content (AvgIpc) is 2.36. The van der Waals surface area contributed by atoms with Crippen molar-refractivity contribution in [3.8, 4) is 5.75 Å². The third-order valence-electron chi connectivity index (χ3n) is 2.70. The molecule has 1 N–H and O–H groups in total. The predicted molar refractivity (Wildman–Crippen MR) is 73.5 cm³/mol. The van der Waals surface area contributed by atoms with Crippen molar-refractivity contribution < 1.29 is 4.74 Å². The minimum absolute atomic E-state index is 0.411. The monoisotopic (exact) mass is 233 g/mol. The predicted octanol–water partition coefficient (Wildman–Crippen LogP) is 3.70. The number of allylic oxidation sites excluding steroid dienone is 1. The molecule has 0 saturated heterocycles. The third kappa shape index (κ3) is 4.61. The SMILES string of the molecule is C=CCCC(NCC)c1ccc(OCC)cc1. The molecule has 1 rings (SSSR count). The van der Waals surface area contributed by atoms with E-state index in [2.05, 4.69) is 31.0 Å². The molecule has 2 nitrogen and oxygen atoms in total. The molecule has 1 atom stereocenters. The van der Waals surface area contributed by atoms with Crippen LogP contribution in [0.25, 0.3) is 0 Å². The molecule has 0 aliphatic rings. The van der Waals surface area contributed by atoms with Crippen molar-refractivity contribution >= 4 is 0 Å². The summed E-state index contributed by atoms with van der Waals surface area (Å²) >= 11 is 0. The van der Waals surface area contributed by atoms with Crippen molar-refractivity contribution in [3.05, 3.63) is 42.5 Å². The van der Waals surface area contributed by atoms with Gasteiger partial charge in [0.15, 0.2) is 0 Å². The van der Waals surface area contributed by atoms with E-state index < -0.39 is 0 Å². The standard InChI is InChI=1S/C15H23NO/c1-4-7-8-15(16-5-2)13-9-11-14(12-10-13)17-6-3/h4,9-12,15-16H,1,5-8H2,2-3H3. The van der Waals surface area contributed by atoms with Gasteiger partial charge in [0.25, 0.3) is 0 Å². The van der Waals surface area contributed by atoms with Gasteiger partial charge >= 0.3 is 0 Å². The maximum atomic E-state index is 5.45. The lowest BCUT2D eigenvalue weighted by molar-refractivity contribution is 0.340. The van der Waals surface area contributed by atoms with E-state index in [1.165, 1.54) is 5.56 Å². The van der Waals surface area contributed by atoms with Crippen LogP contribution >= 0.6 is 0 Å². The Morgan fingerprint density at radius 2 is 2.00 bits per heavy atom. The molecule has 2 heteroatoms. The van der Waals surface area contributed by atoms with Gasteiger partial charge in [0.1, 0.15) is 5.75 Å². The highest BCUT2D eigenvalue weighted by Gasteiger charge is 2.08. The van der Waals surface area contributed by atoms with Crippen molar-refractivity contribution in [2.24, 2.45) is 0 Å². The number of rotatable bonds is 8. The summed E-state index contributed by atoms with van der Waals surface area (Å²) in [5, 5.41) is 3.50. The maximum absolute atomic E-state index is 5.45. The van der Waals surface area contributed by atoms with Crippen LogP contribution in [-0.4, -0.2) is 13.2 Å². The normalized spacial score (nSPS) is 12.1. The van der Waals surface area contributed by atoms with Gasteiger partial charge in [-0.05, 0) is 44.0 Å². The Bertz CT molecular complexity index is 318. The molecule has 1 aromatic carbocycles. The van der Waals surface area contributed by atoms with Crippen LogP contribution in [0.3, 0.4) is 0 Å². The summed E-state index contributed by atoms with van der Waals surface area (Å²) in [6.07, 6.45) is 4.09. The highest BCUT2D eigenvalue weighted by Crippen LogP contribution is 2.21. The quantitative estimate of drug-likeness (QED) is 0.691. The molecule has 1 aromatic rings. The van der Waals surface area contributed by atoms with Crippen molar-refractivity contribution in [2.45, 2.75) is 32.7 Å². The first-order chi connectivity index (χ1) is 8.31. The molecule has 0 saturated carbocycles. The zero-order valence-electron chi connectivity index (χ0n) is 10.9. The van der Waals surface area contributed by atoms with E-state index in [4.69, 9.17) is 4.74 Å². The van der Waals surface area contributed by atoms with Crippen molar-refractivity contribution in [2.75, 3.05) is 13.2 Å². The van der Waals surface area contributed by atoms with Gasteiger partial charge in [-0.2, -0.15) is 0 Å². The highest BCUT2D eigenvalue weighted by molar-refractivity contribution is 5.29. The second-order valence-corrected chi connectivity index (χ2v) is 3.98. The van der Waals surface area contributed by atoms with E-state index in [-0.39, 0.29) is 0 Å². The summed E-state index contributed by atoms with van der Waals surface area (Å²) in [5.74, 6) is 0.940. The molecule has 1 unspecified atom stereocenters. The van der Waals surface area contributed by atoms with Gasteiger partial charge in [-0.25, -0.2) is 0 Å². The first-order valence-corrected chi connectivity index (χ1v) is 6.38. The molecule has 94 valence electrons. The molecule has 0 amide bonds. The summed E-state index contributed by atoms with van der Waals surface area (Å²) in [7, 11) is 0. The van der Waals surface area contributed by atoms with E-state index in [9.17, 15) is 0 Å². The highest BCUT2D eigenvalue weighted by atomic mass is 16.5. The Balaban J connectivity index is 2.68. The van der Waals surface area contributed by atoms with Gasteiger partial charge in [-0.3, -0.25) is 0 Å². The lowest BCUT2D eigenvalue weighted by Crippen LogP contribution is -2.20. The number of benzene rings is 1. The number of hydrogen-bond donors (Lipinski definition) is 1. The van der Waals surface area contributed by atoms with E-state index in [0.29, 0.717) is 12.6 Å². The van der Waals surface area contributed by atoms with Crippen LogP contribution in [0.1, 0.15) is 38.3 Å². The fourth-order valence-electron chi connectivity index (χ4n) is 1.88. The summed E-state index contributed by atoms with van der Waals surface area (Å²) in [6, 6.07) is 8.77. The first-order valence-electron chi connectivity index (χ1n) is 6.38. The molecule has 0 aliphatic carbocycles. The second-order valence-electron chi connectivity index (χ2n) is 3.98. The zero-order valence-corrected chi connectivity index (χ0v) is 10.9. The molecule has 17 heavy (non-hydrogen) atoms. The van der Waals surface area contributed by atoms with Crippen LogP contribution in [0.4, 0.5) is 0 Å². The van der Waals surface area contributed by atoms with E-state index in [0.717, 1.165) is 25.1 Å². The number of ether oxygens (including phenoxy) is 1.